The maximum absolute atomic E-state index is 12.8. The second kappa shape index (κ2) is 6.89. The zero-order valence-corrected chi connectivity index (χ0v) is 14.6. The largest absolute Gasteiger partial charge is 0.393 e. The molecule has 6 nitrogen and oxygen atoms in total. The third-order valence-electron chi connectivity index (χ3n) is 4.69. The number of carbonyl (C=O) groups is 1. The molecule has 1 aliphatic rings. The summed E-state index contributed by atoms with van der Waals surface area (Å²) in [6.45, 7) is 8.25. The summed E-state index contributed by atoms with van der Waals surface area (Å²) in [5.41, 5.74) is 1.42. The van der Waals surface area contributed by atoms with Gasteiger partial charge in [-0.3, -0.25) is 4.79 Å². The number of carbonyl (C=O) groups excluding carboxylic acids is 1. The van der Waals surface area contributed by atoms with Crippen molar-refractivity contribution >= 4 is 16.9 Å². The van der Waals surface area contributed by atoms with Gasteiger partial charge in [0.2, 0.25) is 0 Å². The van der Waals surface area contributed by atoms with E-state index in [1.54, 1.807) is 19.3 Å². The fourth-order valence-corrected chi connectivity index (χ4v) is 3.34. The maximum atomic E-state index is 12.8. The zero-order chi connectivity index (χ0) is 17.3. The summed E-state index contributed by atoms with van der Waals surface area (Å²) in [6, 6.07) is 1.88. The smallest absolute Gasteiger partial charge is 0.255 e. The molecule has 3 heterocycles. The number of amides is 1. The lowest BCUT2D eigenvalue weighted by atomic mass is 9.93. The van der Waals surface area contributed by atoms with Gasteiger partial charge < -0.3 is 10.0 Å². The normalized spacial score (nSPS) is 19.9. The number of pyridine rings is 1. The lowest BCUT2D eigenvalue weighted by Gasteiger charge is -2.34. The van der Waals surface area contributed by atoms with E-state index in [2.05, 4.69) is 23.9 Å². The molecule has 1 amide bonds. The highest BCUT2D eigenvalue weighted by atomic mass is 16.3. The first-order chi connectivity index (χ1) is 11.5. The van der Waals surface area contributed by atoms with Crippen LogP contribution in [0.25, 0.3) is 11.0 Å². The van der Waals surface area contributed by atoms with E-state index in [0.717, 1.165) is 37.0 Å². The van der Waals surface area contributed by atoms with E-state index in [1.165, 1.54) is 0 Å². The van der Waals surface area contributed by atoms with Crippen LogP contribution in [0, 0.1) is 11.8 Å². The minimum atomic E-state index is -0.379. The van der Waals surface area contributed by atoms with Gasteiger partial charge in [0.15, 0.2) is 5.65 Å². The van der Waals surface area contributed by atoms with Crippen LogP contribution in [-0.2, 0) is 6.54 Å². The van der Waals surface area contributed by atoms with Crippen molar-refractivity contribution in [3.05, 3.63) is 24.0 Å². The molecule has 2 aromatic rings. The van der Waals surface area contributed by atoms with E-state index in [1.807, 2.05) is 15.6 Å². The molecular formula is C18H26N4O2. The van der Waals surface area contributed by atoms with Crippen LogP contribution in [0.4, 0.5) is 0 Å². The maximum Gasteiger partial charge on any atom is 0.255 e. The number of rotatable bonds is 4. The van der Waals surface area contributed by atoms with Crippen molar-refractivity contribution in [2.75, 3.05) is 13.1 Å². The fourth-order valence-electron chi connectivity index (χ4n) is 3.34. The summed E-state index contributed by atoms with van der Waals surface area (Å²) in [4.78, 5) is 19.1. The second-order valence-corrected chi connectivity index (χ2v) is 7.25. The van der Waals surface area contributed by atoms with Crippen LogP contribution < -0.4 is 0 Å². The van der Waals surface area contributed by atoms with Crippen LogP contribution in [0.5, 0.6) is 0 Å². The summed E-state index contributed by atoms with van der Waals surface area (Å²) < 4.78 is 1.89. The predicted molar refractivity (Wildman–Crippen MR) is 92.7 cm³/mol. The monoisotopic (exact) mass is 330 g/mol. The van der Waals surface area contributed by atoms with Crippen molar-refractivity contribution in [1.29, 1.82) is 0 Å². The molecule has 0 bridgehead atoms. The van der Waals surface area contributed by atoms with Crippen LogP contribution in [0.3, 0.4) is 0 Å². The number of nitrogens with zero attached hydrogens (tertiary/aromatic N) is 4. The average Bonchev–Trinajstić information content (AvgIpc) is 2.95. The Labute approximate surface area is 142 Å². The molecule has 1 N–H and O–H groups in total. The molecule has 1 aliphatic heterocycles. The van der Waals surface area contributed by atoms with Gasteiger partial charge in [0.25, 0.3) is 5.91 Å². The number of aromatic nitrogens is 3. The molecule has 0 aliphatic carbocycles. The number of aliphatic hydroxyl groups is 1. The standard InChI is InChI=1S/C18H26N4O2/c1-12(2)10-22-17-15(9-20-22)7-16(8-19-17)18(24)21-6-4-5-14(11-21)13(3)23/h7-9,12-14,23H,4-6,10-11H2,1-3H3. The fraction of sp³-hybridized carbons (Fsp3) is 0.611. The molecule has 3 rings (SSSR count). The Morgan fingerprint density at radius 1 is 1.38 bits per heavy atom. The Balaban J connectivity index is 1.80. The number of fused-ring (bicyclic) bond motifs is 1. The summed E-state index contributed by atoms with van der Waals surface area (Å²) in [6.07, 6.45) is 4.95. The first kappa shape index (κ1) is 16.9. The van der Waals surface area contributed by atoms with Crippen LogP contribution in [-0.4, -0.2) is 49.9 Å². The number of piperidine rings is 1. The Morgan fingerprint density at radius 2 is 2.17 bits per heavy atom. The number of hydrogen-bond donors (Lipinski definition) is 1. The van der Waals surface area contributed by atoms with Crippen LogP contribution in [0.2, 0.25) is 0 Å². The molecule has 2 unspecified atom stereocenters. The molecule has 1 fully saturated rings. The number of hydrogen-bond acceptors (Lipinski definition) is 4. The molecule has 0 aromatic carbocycles. The topological polar surface area (TPSA) is 71.2 Å². The van der Waals surface area contributed by atoms with Gasteiger partial charge in [0.1, 0.15) is 0 Å². The quantitative estimate of drug-likeness (QED) is 0.934. The highest BCUT2D eigenvalue weighted by molar-refractivity contribution is 5.96. The van der Waals surface area contributed by atoms with Crippen molar-refractivity contribution < 1.29 is 9.90 Å². The summed E-state index contributed by atoms with van der Waals surface area (Å²) in [7, 11) is 0. The van der Waals surface area contributed by atoms with E-state index in [4.69, 9.17) is 0 Å². The first-order valence-electron chi connectivity index (χ1n) is 8.74. The van der Waals surface area contributed by atoms with E-state index in [0.29, 0.717) is 18.0 Å². The van der Waals surface area contributed by atoms with Crippen molar-refractivity contribution in [2.45, 2.75) is 46.3 Å². The summed E-state index contributed by atoms with van der Waals surface area (Å²) in [5.74, 6) is 0.640. The van der Waals surface area contributed by atoms with Crippen molar-refractivity contribution in [2.24, 2.45) is 11.8 Å². The predicted octanol–water partition coefficient (Wildman–Crippen LogP) is 2.32. The van der Waals surface area contributed by atoms with Crippen molar-refractivity contribution in [3.8, 4) is 0 Å². The minimum absolute atomic E-state index is 0.00800. The Bertz CT molecular complexity index is 723. The van der Waals surface area contributed by atoms with Gasteiger partial charge >= 0.3 is 0 Å². The SMILES string of the molecule is CC(C)Cn1ncc2cc(C(=O)N3CCCC(C(C)O)C3)cnc21. The lowest BCUT2D eigenvalue weighted by Crippen LogP contribution is -2.42. The molecule has 24 heavy (non-hydrogen) atoms. The lowest BCUT2D eigenvalue weighted by molar-refractivity contribution is 0.0466. The van der Waals surface area contributed by atoms with Crippen molar-refractivity contribution in [3.63, 3.8) is 0 Å². The molecule has 0 spiro atoms. The zero-order valence-electron chi connectivity index (χ0n) is 14.6. The molecule has 6 heteroatoms. The molecule has 0 saturated carbocycles. The average molecular weight is 330 g/mol. The number of likely N-dealkylation sites (tertiary alicyclic amines) is 1. The summed E-state index contributed by atoms with van der Waals surface area (Å²) >= 11 is 0. The second-order valence-electron chi connectivity index (χ2n) is 7.25. The van der Waals surface area contributed by atoms with E-state index >= 15 is 0 Å². The molecule has 0 radical (unpaired) electrons. The summed E-state index contributed by atoms with van der Waals surface area (Å²) in [5, 5.41) is 15.1. The molecular weight excluding hydrogens is 304 g/mol. The highest BCUT2D eigenvalue weighted by Gasteiger charge is 2.27. The Kier molecular flexibility index (Phi) is 4.85. The third kappa shape index (κ3) is 3.43. The van der Waals surface area contributed by atoms with Gasteiger partial charge in [-0.25, -0.2) is 9.67 Å². The van der Waals surface area contributed by atoms with Gasteiger partial charge in [-0.05, 0) is 31.7 Å². The highest BCUT2D eigenvalue weighted by Crippen LogP contribution is 2.22. The Hall–Kier alpha value is -1.95. The van der Waals surface area contributed by atoms with Crippen LogP contribution >= 0.6 is 0 Å². The van der Waals surface area contributed by atoms with Gasteiger partial charge in [0.05, 0.1) is 17.9 Å². The van der Waals surface area contributed by atoms with E-state index in [-0.39, 0.29) is 17.9 Å². The molecule has 2 atom stereocenters. The van der Waals surface area contributed by atoms with Crippen LogP contribution in [0.1, 0.15) is 44.0 Å². The number of aliphatic hydroxyl groups excluding tert-OH is 1. The minimum Gasteiger partial charge on any atom is -0.393 e. The molecule has 2 aromatic heterocycles. The first-order valence-corrected chi connectivity index (χ1v) is 8.74. The van der Waals surface area contributed by atoms with Gasteiger partial charge in [-0.15, -0.1) is 0 Å². The van der Waals surface area contributed by atoms with Crippen LogP contribution in [0.15, 0.2) is 18.5 Å². The Morgan fingerprint density at radius 3 is 2.88 bits per heavy atom. The van der Waals surface area contributed by atoms with Crippen molar-refractivity contribution in [1.82, 2.24) is 19.7 Å². The van der Waals surface area contributed by atoms with Gasteiger partial charge in [0, 0.05) is 37.1 Å². The molecule has 1 saturated heterocycles. The van der Waals surface area contributed by atoms with Gasteiger partial charge in [-0.1, -0.05) is 13.8 Å². The van der Waals surface area contributed by atoms with E-state index < -0.39 is 0 Å². The third-order valence-corrected chi connectivity index (χ3v) is 4.69. The molecule has 130 valence electrons. The van der Waals surface area contributed by atoms with Gasteiger partial charge in [-0.2, -0.15) is 5.10 Å². The van der Waals surface area contributed by atoms with E-state index in [9.17, 15) is 9.90 Å².